The third kappa shape index (κ3) is 5.04. The number of likely N-dealkylation sites (N-methyl/N-ethyl adjacent to an activating group) is 1. The van der Waals surface area contributed by atoms with Crippen molar-refractivity contribution in [3.8, 4) is 0 Å². The van der Waals surface area contributed by atoms with Gasteiger partial charge in [0.2, 0.25) is 5.91 Å². The minimum Gasteiger partial charge on any atom is -0.339 e. The molecule has 0 saturated carbocycles. The molecule has 1 N–H and O–H groups in total. The Labute approximate surface area is 105 Å². The molecule has 17 heavy (non-hydrogen) atoms. The van der Waals surface area contributed by atoms with Crippen LogP contribution in [0.1, 0.15) is 32.6 Å². The summed E-state index contributed by atoms with van der Waals surface area (Å²) in [6.45, 7) is 5.67. The van der Waals surface area contributed by atoms with Crippen LogP contribution in [0, 0.1) is 0 Å². The van der Waals surface area contributed by atoms with Crippen LogP contribution in [0.2, 0.25) is 0 Å². The Morgan fingerprint density at radius 3 is 2.88 bits per heavy atom. The fourth-order valence-corrected chi connectivity index (χ4v) is 2.40. The zero-order valence-corrected chi connectivity index (χ0v) is 11.5. The highest BCUT2D eigenvalue weighted by atomic mass is 16.2. The Morgan fingerprint density at radius 2 is 2.24 bits per heavy atom. The van der Waals surface area contributed by atoms with Crippen molar-refractivity contribution in [3.63, 3.8) is 0 Å². The van der Waals surface area contributed by atoms with Crippen molar-refractivity contribution >= 4 is 5.91 Å². The molecule has 1 atom stereocenters. The summed E-state index contributed by atoms with van der Waals surface area (Å²) >= 11 is 0. The molecule has 0 bridgehead atoms. The van der Waals surface area contributed by atoms with Gasteiger partial charge in [0.1, 0.15) is 0 Å². The molecule has 0 aromatic rings. The zero-order chi connectivity index (χ0) is 12.7. The Morgan fingerprint density at radius 1 is 1.47 bits per heavy atom. The normalized spacial score (nSPS) is 20.9. The molecule has 1 fully saturated rings. The lowest BCUT2D eigenvalue weighted by molar-refractivity contribution is -0.135. The van der Waals surface area contributed by atoms with E-state index in [1.165, 1.54) is 12.8 Å². The number of amides is 1. The van der Waals surface area contributed by atoms with Crippen molar-refractivity contribution in [1.82, 2.24) is 15.1 Å². The summed E-state index contributed by atoms with van der Waals surface area (Å²) in [6, 6.07) is 0.432. The average Bonchev–Trinajstić information content (AvgIpc) is 2.29. The summed E-state index contributed by atoms with van der Waals surface area (Å²) in [7, 11) is 3.99. The quantitative estimate of drug-likeness (QED) is 0.703. The van der Waals surface area contributed by atoms with Gasteiger partial charge in [-0.15, -0.1) is 0 Å². The van der Waals surface area contributed by atoms with Crippen molar-refractivity contribution < 1.29 is 4.79 Å². The molecule has 1 aliphatic heterocycles. The lowest BCUT2D eigenvalue weighted by atomic mass is 10.0. The molecule has 0 aliphatic carbocycles. The molecule has 0 aromatic heterocycles. The fraction of sp³-hybridized carbons (Fsp3) is 0.923. The van der Waals surface area contributed by atoms with Gasteiger partial charge in [-0.1, -0.05) is 0 Å². The molecule has 1 unspecified atom stereocenters. The zero-order valence-electron chi connectivity index (χ0n) is 11.5. The molecule has 0 aromatic carbocycles. The van der Waals surface area contributed by atoms with Crippen LogP contribution in [0.3, 0.4) is 0 Å². The van der Waals surface area contributed by atoms with E-state index < -0.39 is 0 Å². The molecule has 1 aliphatic rings. The number of piperidine rings is 1. The third-order valence-corrected chi connectivity index (χ3v) is 3.50. The molecule has 4 nitrogen and oxygen atoms in total. The summed E-state index contributed by atoms with van der Waals surface area (Å²) in [5.74, 6) is 0.296. The molecule has 0 radical (unpaired) electrons. The fourth-order valence-electron chi connectivity index (χ4n) is 2.40. The van der Waals surface area contributed by atoms with Crippen LogP contribution in [0.4, 0.5) is 0 Å². The highest BCUT2D eigenvalue weighted by Gasteiger charge is 2.23. The van der Waals surface area contributed by atoms with E-state index in [9.17, 15) is 4.79 Å². The summed E-state index contributed by atoms with van der Waals surface area (Å²) in [4.78, 5) is 16.3. The summed E-state index contributed by atoms with van der Waals surface area (Å²) in [5, 5.41) is 3.12. The van der Waals surface area contributed by atoms with Gasteiger partial charge in [0.05, 0.1) is 6.54 Å². The molecule has 4 heteroatoms. The first-order chi connectivity index (χ1) is 8.15. The van der Waals surface area contributed by atoms with E-state index in [1.54, 1.807) is 0 Å². The van der Waals surface area contributed by atoms with Gasteiger partial charge < -0.3 is 10.2 Å². The number of carbonyl (C=O) groups excluding carboxylic acids is 1. The standard InChI is InChI=1S/C13H27N3O/c1-12-7-4-5-10-16(12)13(17)11-15(3)9-6-8-14-2/h12,14H,4-11H2,1-3H3. The van der Waals surface area contributed by atoms with Gasteiger partial charge in [-0.05, 0) is 59.8 Å². The van der Waals surface area contributed by atoms with Crippen molar-refractivity contribution in [3.05, 3.63) is 0 Å². The SMILES string of the molecule is CNCCCN(C)CC(=O)N1CCCCC1C. The number of carbonyl (C=O) groups is 1. The second-order valence-corrected chi connectivity index (χ2v) is 5.13. The van der Waals surface area contributed by atoms with Gasteiger partial charge in [-0.2, -0.15) is 0 Å². The van der Waals surface area contributed by atoms with E-state index in [1.807, 2.05) is 14.1 Å². The summed E-state index contributed by atoms with van der Waals surface area (Å²) in [6.07, 6.45) is 4.69. The number of hydrogen-bond acceptors (Lipinski definition) is 3. The number of hydrogen-bond donors (Lipinski definition) is 1. The van der Waals surface area contributed by atoms with Crippen LogP contribution < -0.4 is 5.32 Å². The Hall–Kier alpha value is -0.610. The van der Waals surface area contributed by atoms with Gasteiger partial charge in [-0.3, -0.25) is 9.69 Å². The van der Waals surface area contributed by atoms with E-state index in [0.29, 0.717) is 18.5 Å². The van der Waals surface area contributed by atoms with Gasteiger partial charge in [-0.25, -0.2) is 0 Å². The highest BCUT2D eigenvalue weighted by Crippen LogP contribution is 2.16. The first kappa shape index (κ1) is 14.5. The third-order valence-electron chi connectivity index (χ3n) is 3.50. The van der Waals surface area contributed by atoms with E-state index in [-0.39, 0.29) is 0 Å². The maximum Gasteiger partial charge on any atom is 0.236 e. The van der Waals surface area contributed by atoms with E-state index in [2.05, 4.69) is 22.0 Å². The molecule has 1 heterocycles. The first-order valence-corrected chi connectivity index (χ1v) is 6.77. The summed E-state index contributed by atoms with van der Waals surface area (Å²) < 4.78 is 0. The topological polar surface area (TPSA) is 35.6 Å². The van der Waals surface area contributed by atoms with Gasteiger partial charge >= 0.3 is 0 Å². The van der Waals surface area contributed by atoms with Gasteiger partial charge in [0, 0.05) is 12.6 Å². The lowest BCUT2D eigenvalue weighted by Crippen LogP contribution is -2.46. The molecule has 1 amide bonds. The molecule has 0 spiro atoms. The van der Waals surface area contributed by atoms with Crippen molar-refractivity contribution in [2.24, 2.45) is 0 Å². The van der Waals surface area contributed by atoms with Crippen LogP contribution in [-0.4, -0.2) is 62.0 Å². The molecular weight excluding hydrogens is 214 g/mol. The molecule has 1 rings (SSSR count). The molecule has 100 valence electrons. The molecule has 1 saturated heterocycles. The Bertz CT molecular complexity index is 233. The highest BCUT2D eigenvalue weighted by molar-refractivity contribution is 5.78. The van der Waals surface area contributed by atoms with Crippen LogP contribution >= 0.6 is 0 Å². The van der Waals surface area contributed by atoms with Crippen molar-refractivity contribution in [1.29, 1.82) is 0 Å². The monoisotopic (exact) mass is 241 g/mol. The predicted octanol–water partition coefficient (Wildman–Crippen LogP) is 0.929. The number of rotatable bonds is 6. The predicted molar refractivity (Wildman–Crippen MR) is 71.1 cm³/mol. The smallest absolute Gasteiger partial charge is 0.236 e. The largest absolute Gasteiger partial charge is 0.339 e. The van der Waals surface area contributed by atoms with Gasteiger partial charge in [0.15, 0.2) is 0 Å². The van der Waals surface area contributed by atoms with E-state index >= 15 is 0 Å². The lowest BCUT2D eigenvalue weighted by Gasteiger charge is -2.34. The minimum atomic E-state index is 0.296. The summed E-state index contributed by atoms with van der Waals surface area (Å²) in [5.41, 5.74) is 0. The van der Waals surface area contributed by atoms with E-state index in [4.69, 9.17) is 0 Å². The Balaban J connectivity index is 2.27. The van der Waals surface area contributed by atoms with Crippen molar-refractivity contribution in [2.75, 3.05) is 40.3 Å². The van der Waals surface area contributed by atoms with Crippen molar-refractivity contribution in [2.45, 2.75) is 38.6 Å². The second-order valence-electron chi connectivity index (χ2n) is 5.13. The average molecular weight is 241 g/mol. The maximum absolute atomic E-state index is 12.1. The molecular formula is C13H27N3O. The maximum atomic E-state index is 12.1. The minimum absolute atomic E-state index is 0.296. The van der Waals surface area contributed by atoms with Crippen LogP contribution in [-0.2, 0) is 4.79 Å². The van der Waals surface area contributed by atoms with E-state index in [0.717, 1.165) is 32.5 Å². The second kappa shape index (κ2) is 7.67. The number of nitrogens with one attached hydrogen (secondary N) is 1. The van der Waals surface area contributed by atoms with Crippen LogP contribution in [0.5, 0.6) is 0 Å². The Kier molecular flexibility index (Phi) is 6.52. The van der Waals surface area contributed by atoms with Gasteiger partial charge in [0.25, 0.3) is 0 Å². The van der Waals surface area contributed by atoms with Crippen LogP contribution in [0.15, 0.2) is 0 Å². The van der Waals surface area contributed by atoms with Crippen LogP contribution in [0.25, 0.3) is 0 Å². The number of nitrogens with zero attached hydrogens (tertiary/aromatic N) is 2. The number of likely N-dealkylation sites (tertiary alicyclic amines) is 1. The first-order valence-electron chi connectivity index (χ1n) is 6.77.